The van der Waals surface area contributed by atoms with Gasteiger partial charge in [-0.1, -0.05) is 29.8 Å². The van der Waals surface area contributed by atoms with Crippen LogP contribution in [0.15, 0.2) is 24.3 Å². The molecule has 0 radical (unpaired) electrons. The predicted octanol–water partition coefficient (Wildman–Crippen LogP) is 1.69. The monoisotopic (exact) mass is 349 g/mol. The summed E-state index contributed by atoms with van der Waals surface area (Å²) in [6.45, 7) is 4.72. The number of carbonyl (C=O) groups excluding carboxylic acids is 2. The van der Waals surface area contributed by atoms with E-state index in [0.29, 0.717) is 30.6 Å². The van der Waals surface area contributed by atoms with E-state index in [2.05, 4.69) is 10.2 Å². The number of hydrogen-bond donors (Lipinski definition) is 1. The average Bonchev–Trinajstić information content (AvgIpc) is 3.40. The van der Waals surface area contributed by atoms with Gasteiger partial charge in [0, 0.05) is 37.2 Å². The Morgan fingerprint density at radius 1 is 1.21 bits per heavy atom. The SMILES string of the molecule is CC(C(=O)NC1CC1)N1CCN(C(=O)Cc2ccccc2Cl)CC1. The summed E-state index contributed by atoms with van der Waals surface area (Å²) in [6, 6.07) is 7.71. The fourth-order valence-electron chi connectivity index (χ4n) is 2.99. The first-order chi connectivity index (χ1) is 11.5. The van der Waals surface area contributed by atoms with Crippen molar-refractivity contribution in [3.05, 3.63) is 34.9 Å². The molecule has 1 aromatic carbocycles. The van der Waals surface area contributed by atoms with Crippen molar-refractivity contribution < 1.29 is 9.59 Å². The fourth-order valence-corrected chi connectivity index (χ4v) is 3.19. The summed E-state index contributed by atoms with van der Waals surface area (Å²) >= 11 is 6.13. The first-order valence-electron chi connectivity index (χ1n) is 8.60. The number of nitrogens with zero attached hydrogens (tertiary/aromatic N) is 2. The lowest BCUT2D eigenvalue weighted by Crippen LogP contribution is -2.55. The Morgan fingerprint density at radius 3 is 2.50 bits per heavy atom. The Balaban J connectivity index is 1.48. The molecule has 1 saturated carbocycles. The van der Waals surface area contributed by atoms with Crippen molar-refractivity contribution >= 4 is 23.4 Å². The Morgan fingerprint density at radius 2 is 1.88 bits per heavy atom. The molecule has 1 aliphatic heterocycles. The molecular formula is C18H24ClN3O2. The van der Waals surface area contributed by atoms with E-state index < -0.39 is 0 Å². The van der Waals surface area contributed by atoms with Gasteiger partial charge in [-0.2, -0.15) is 0 Å². The first kappa shape index (κ1) is 17.2. The van der Waals surface area contributed by atoms with Gasteiger partial charge in [0.25, 0.3) is 0 Å². The lowest BCUT2D eigenvalue weighted by molar-refractivity contribution is -0.133. The number of piperazine rings is 1. The third-order valence-electron chi connectivity index (χ3n) is 4.82. The van der Waals surface area contributed by atoms with Crippen LogP contribution in [-0.2, 0) is 16.0 Å². The molecule has 1 unspecified atom stereocenters. The number of benzene rings is 1. The summed E-state index contributed by atoms with van der Waals surface area (Å²) in [6.07, 6.45) is 2.53. The van der Waals surface area contributed by atoms with Crippen LogP contribution in [0.3, 0.4) is 0 Å². The molecule has 5 nitrogen and oxygen atoms in total. The minimum absolute atomic E-state index is 0.0952. The highest BCUT2D eigenvalue weighted by atomic mass is 35.5. The highest BCUT2D eigenvalue weighted by Gasteiger charge is 2.30. The fraction of sp³-hybridized carbons (Fsp3) is 0.556. The molecule has 1 aromatic rings. The second-order valence-electron chi connectivity index (χ2n) is 6.64. The van der Waals surface area contributed by atoms with Crippen molar-refractivity contribution in [2.24, 2.45) is 0 Å². The number of hydrogen-bond acceptors (Lipinski definition) is 3. The van der Waals surface area contributed by atoms with E-state index in [9.17, 15) is 9.59 Å². The molecule has 130 valence electrons. The van der Waals surface area contributed by atoms with E-state index in [0.717, 1.165) is 31.5 Å². The van der Waals surface area contributed by atoms with Gasteiger partial charge in [-0.15, -0.1) is 0 Å². The van der Waals surface area contributed by atoms with Crippen LogP contribution in [0.25, 0.3) is 0 Å². The summed E-state index contributed by atoms with van der Waals surface area (Å²) in [5.74, 6) is 0.200. The molecule has 3 rings (SSSR count). The maximum atomic E-state index is 12.5. The Labute approximate surface area is 147 Å². The zero-order valence-corrected chi connectivity index (χ0v) is 14.8. The largest absolute Gasteiger partial charge is 0.352 e. The molecule has 1 saturated heterocycles. The van der Waals surface area contributed by atoms with E-state index in [4.69, 9.17) is 11.6 Å². The van der Waals surface area contributed by atoms with Crippen LogP contribution in [-0.4, -0.2) is 59.9 Å². The van der Waals surface area contributed by atoms with E-state index in [-0.39, 0.29) is 17.9 Å². The van der Waals surface area contributed by atoms with Crippen LogP contribution in [0.5, 0.6) is 0 Å². The van der Waals surface area contributed by atoms with Gasteiger partial charge in [0.15, 0.2) is 0 Å². The topological polar surface area (TPSA) is 52.7 Å². The first-order valence-corrected chi connectivity index (χ1v) is 8.98. The quantitative estimate of drug-likeness (QED) is 0.880. The lowest BCUT2D eigenvalue weighted by Gasteiger charge is -2.37. The van der Waals surface area contributed by atoms with E-state index in [1.165, 1.54) is 0 Å². The number of carbonyl (C=O) groups is 2. The second-order valence-corrected chi connectivity index (χ2v) is 7.05. The van der Waals surface area contributed by atoms with Crippen LogP contribution in [0.2, 0.25) is 5.02 Å². The van der Waals surface area contributed by atoms with Gasteiger partial charge in [-0.3, -0.25) is 14.5 Å². The number of amides is 2. The normalized spacial score (nSPS) is 19.8. The average molecular weight is 350 g/mol. The highest BCUT2D eigenvalue weighted by molar-refractivity contribution is 6.31. The minimum atomic E-state index is -0.133. The molecule has 0 aromatic heterocycles. The number of halogens is 1. The summed E-state index contributed by atoms with van der Waals surface area (Å²) < 4.78 is 0. The standard InChI is InChI=1S/C18H24ClN3O2/c1-13(18(24)20-15-6-7-15)21-8-10-22(11-9-21)17(23)12-14-4-2-3-5-16(14)19/h2-5,13,15H,6-12H2,1H3,(H,20,24). The minimum Gasteiger partial charge on any atom is -0.352 e. The van der Waals surface area contributed by atoms with E-state index in [1.807, 2.05) is 36.1 Å². The molecule has 0 bridgehead atoms. The molecule has 1 aliphatic carbocycles. The van der Waals surface area contributed by atoms with Gasteiger partial charge in [-0.05, 0) is 31.4 Å². The van der Waals surface area contributed by atoms with Crippen LogP contribution in [0.1, 0.15) is 25.3 Å². The number of rotatable bonds is 5. The summed E-state index contributed by atoms with van der Waals surface area (Å²) in [5, 5.41) is 3.68. The van der Waals surface area contributed by atoms with Crippen LogP contribution in [0.4, 0.5) is 0 Å². The molecule has 1 heterocycles. The van der Waals surface area contributed by atoms with Gasteiger partial charge < -0.3 is 10.2 Å². The zero-order chi connectivity index (χ0) is 17.1. The molecule has 0 spiro atoms. The molecule has 2 aliphatic rings. The molecule has 6 heteroatoms. The predicted molar refractivity (Wildman–Crippen MR) is 93.9 cm³/mol. The van der Waals surface area contributed by atoms with Crippen LogP contribution in [0, 0.1) is 0 Å². The molecule has 24 heavy (non-hydrogen) atoms. The van der Waals surface area contributed by atoms with Gasteiger partial charge in [0.05, 0.1) is 12.5 Å². The van der Waals surface area contributed by atoms with Crippen molar-refractivity contribution in [2.45, 2.75) is 38.3 Å². The molecule has 2 fully saturated rings. The summed E-state index contributed by atoms with van der Waals surface area (Å²) in [5.41, 5.74) is 0.865. The second kappa shape index (κ2) is 7.53. The van der Waals surface area contributed by atoms with Crippen molar-refractivity contribution in [2.75, 3.05) is 26.2 Å². The molecule has 1 N–H and O–H groups in total. The van der Waals surface area contributed by atoms with E-state index >= 15 is 0 Å². The van der Waals surface area contributed by atoms with Crippen molar-refractivity contribution in [1.82, 2.24) is 15.1 Å². The van der Waals surface area contributed by atoms with Gasteiger partial charge in [0.2, 0.25) is 11.8 Å². The van der Waals surface area contributed by atoms with Crippen LogP contribution >= 0.6 is 11.6 Å². The van der Waals surface area contributed by atoms with Crippen LogP contribution < -0.4 is 5.32 Å². The van der Waals surface area contributed by atoms with Gasteiger partial charge in [0.1, 0.15) is 0 Å². The molecule has 1 atom stereocenters. The maximum Gasteiger partial charge on any atom is 0.237 e. The third-order valence-corrected chi connectivity index (χ3v) is 5.19. The smallest absolute Gasteiger partial charge is 0.237 e. The third kappa shape index (κ3) is 4.28. The Hall–Kier alpha value is -1.59. The zero-order valence-electron chi connectivity index (χ0n) is 14.0. The summed E-state index contributed by atoms with van der Waals surface area (Å²) in [7, 11) is 0. The molecule has 2 amide bonds. The van der Waals surface area contributed by atoms with Crippen molar-refractivity contribution in [1.29, 1.82) is 0 Å². The Bertz CT molecular complexity index is 610. The maximum absolute atomic E-state index is 12.5. The highest BCUT2D eigenvalue weighted by Crippen LogP contribution is 2.20. The van der Waals surface area contributed by atoms with Crippen molar-refractivity contribution in [3.63, 3.8) is 0 Å². The molecular weight excluding hydrogens is 326 g/mol. The lowest BCUT2D eigenvalue weighted by atomic mass is 10.1. The Kier molecular flexibility index (Phi) is 5.41. The number of nitrogens with one attached hydrogen (secondary N) is 1. The van der Waals surface area contributed by atoms with Crippen molar-refractivity contribution in [3.8, 4) is 0 Å². The van der Waals surface area contributed by atoms with Gasteiger partial charge >= 0.3 is 0 Å². The van der Waals surface area contributed by atoms with Gasteiger partial charge in [-0.25, -0.2) is 0 Å². The van der Waals surface area contributed by atoms with E-state index in [1.54, 1.807) is 0 Å². The summed E-state index contributed by atoms with van der Waals surface area (Å²) in [4.78, 5) is 28.6.